The van der Waals surface area contributed by atoms with Gasteiger partial charge in [-0.1, -0.05) is 26.0 Å². The van der Waals surface area contributed by atoms with Gasteiger partial charge in [0.2, 0.25) is 5.91 Å². The lowest BCUT2D eigenvalue weighted by atomic mass is 10.1. The van der Waals surface area contributed by atoms with E-state index in [9.17, 15) is 4.79 Å². The zero-order valence-electron chi connectivity index (χ0n) is 16.1. The van der Waals surface area contributed by atoms with E-state index in [0.29, 0.717) is 31.8 Å². The van der Waals surface area contributed by atoms with E-state index >= 15 is 0 Å². The number of nitrogens with zero attached hydrogens (tertiary/aromatic N) is 3. The van der Waals surface area contributed by atoms with Crippen molar-refractivity contribution in [2.75, 3.05) is 7.11 Å². The molecule has 1 aliphatic rings. The average molecular weight is 353 g/mol. The normalized spacial score (nSPS) is 13.2. The van der Waals surface area contributed by atoms with E-state index in [1.165, 1.54) is 0 Å². The third-order valence-corrected chi connectivity index (χ3v) is 4.75. The maximum Gasteiger partial charge on any atom is 0.223 e. The Kier molecular flexibility index (Phi) is 5.55. The van der Waals surface area contributed by atoms with Crippen LogP contribution in [0.4, 0.5) is 0 Å². The SMILES string of the molecule is COc1cc(CCC(=O)N2Cc3cnc(CC(C)C)nc3C2)ccc1C. The number of methoxy groups -OCH3 is 1. The lowest BCUT2D eigenvalue weighted by molar-refractivity contribution is -0.131. The van der Waals surface area contributed by atoms with Crippen LogP contribution in [0.3, 0.4) is 0 Å². The van der Waals surface area contributed by atoms with Crippen LogP contribution in [-0.2, 0) is 30.7 Å². The van der Waals surface area contributed by atoms with Gasteiger partial charge in [0.25, 0.3) is 0 Å². The highest BCUT2D eigenvalue weighted by atomic mass is 16.5. The van der Waals surface area contributed by atoms with E-state index in [1.807, 2.05) is 30.2 Å². The predicted octanol–water partition coefficient (Wildman–Crippen LogP) is 3.47. The minimum Gasteiger partial charge on any atom is -0.496 e. The molecule has 0 aliphatic carbocycles. The van der Waals surface area contributed by atoms with Crippen LogP contribution in [0, 0.1) is 12.8 Å². The van der Waals surface area contributed by atoms with E-state index < -0.39 is 0 Å². The molecule has 2 heterocycles. The highest BCUT2D eigenvalue weighted by molar-refractivity contribution is 5.77. The van der Waals surface area contributed by atoms with Gasteiger partial charge in [0.15, 0.2) is 0 Å². The highest BCUT2D eigenvalue weighted by Crippen LogP contribution is 2.23. The summed E-state index contributed by atoms with van der Waals surface area (Å²) in [6.45, 7) is 7.55. The van der Waals surface area contributed by atoms with Crippen molar-refractivity contribution in [3.05, 3.63) is 52.6 Å². The lowest BCUT2D eigenvalue weighted by Crippen LogP contribution is -2.25. The number of aryl methyl sites for hydroxylation is 2. The topological polar surface area (TPSA) is 55.3 Å². The molecule has 0 bridgehead atoms. The van der Waals surface area contributed by atoms with Crippen molar-refractivity contribution in [2.45, 2.75) is 53.1 Å². The predicted molar refractivity (Wildman–Crippen MR) is 101 cm³/mol. The molecule has 0 saturated carbocycles. The number of hydrogen-bond donors (Lipinski definition) is 0. The average Bonchev–Trinajstić information content (AvgIpc) is 3.03. The molecule has 5 nitrogen and oxygen atoms in total. The van der Waals surface area contributed by atoms with Crippen molar-refractivity contribution in [1.82, 2.24) is 14.9 Å². The Morgan fingerprint density at radius 3 is 2.85 bits per heavy atom. The smallest absolute Gasteiger partial charge is 0.223 e. The van der Waals surface area contributed by atoms with Crippen LogP contribution < -0.4 is 4.74 Å². The van der Waals surface area contributed by atoms with Gasteiger partial charge >= 0.3 is 0 Å². The van der Waals surface area contributed by atoms with Crippen LogP contribution in [0.15, 0.2) is 24.4 Å². The Balaban J connectivity index is 1.59. The number of carbonyl (C=O) groups is 1. The second-order valence-electron chi connectivity index (χ2n) is 7.41. The standard InChI is InChI=1S/C21H27N3O2/c1-14(2)9-20-22-11-17-12-24(13-18(17)23-20)21(25)8-7-16-6-5-15(3)19(10-16)26-4/h5-6,10-11,14H,7-9,12-13H2,1-4H3. The van der Waals surface area contributed by atoms with E-state index in [0.717, 1.165) is 40.4 Å². The molecular formula is C21H27N3O2. The third kappa shape index (κ3) is 4.21. The van der Waals surface area contributed by atoms with Gasteiger partial charge in [-0.15, -0.1) is 0 Å². The molecule has 1 aromatic carbocycles. The molecule has 0 saturated heterocycles. The van der Waals surface area contributed by atoms with Gasteiger partial charge in [-0.25, -0.2) is 9.97 Å². The van der Waals surface area contributed by atoms with E-state index in [-0.39, 0.29) is 5.91 Å². The quantitative estimate of drug-likeness (QED) is 0.798. The fourth-order valence-corrected chi connectivity index (χ4v) is 3.26. The minimum atomic E-state index is 0.160. The number of aromatic nitrogens is 2. The van der Waals surface area contributed by atoms with Crippen LogP contribution in [0.2, 0.25) is 0 Å². The minimum absolute atomic E-state index is 0.160. The number of fused-ring (bicyclic) bond motifs is 1. The summed E-state index contributed by atoms with van der Waals surface area (Å²) < 4.78 is 5.36. The molecule has 26 heavy (non-hydrogen) atoms. The number of amides is 1. The third-order valence-electron chi connectivity index (χ3n) is 4.75. The molecule has 0 fully saturated rings. The molecule has 138 valence electrons. The van der Waals surface area contributed by atoms with Gasteiger partial charge < -0.3 is 9.64 Å². The highest BCUT2D eigenvalue weighted by Gasteiger charge is 2.25. The molecular weight excluding hydrogens is 326 g/mol. The summed E-state index contributed by atoms with van der Waals surface area (Å²) >= 11 is 0. The Morgan fingerprint density at radius 2 is 2.12 bits per heavy atom. The van der Waals surface area contributed by atoms with Crippen LogP contribution in [0.1, 0.15) is 48.5 Å². The summed E-state index contributed by atoms with van der Waals surface area (Å²) in [6, 6.07) is 6.12. The molecule has 1 amide bonds. The second-order valence-corrected chi connectivity index (χ2v) is 7.41. The number of carbonyl (C=O) groups excluding carboxylic acids is 1. The van der Waals surface area contributed by atoms with Crippen molar-refractivity contribution < 1.29 is 9.53 Å². The Morgan fingerprint density at radius 1 is 1.31 bits per heavy atom. The maximum absolute atomic E-state index is 12.6. The van der Waals surface area contributed by atoms with Gasteiger partial charge in [0.1, 0.15) is 11.6 Å². The van der Waals surface area contributed by atoms with E-state index in [4.69, 9.17) is 4.74 Å². The first-order valence-corrected chi connectivity index (χ1v) is 9.21. The summed E-state index contributed by atoms with van der Waals surface area (Å²) in [7, 11) is 1.67. The van der Waals surface area contributed by atoms with Crippen molar-refractivity contribution in [3.63, 3.8) is 0 Å². The van der Waals surface area contributed by atoms with E-state index in [1.54, 1.807) is 7.11 Å². The number of benzene rings is 1. The molecule has 0 unspecified atom stereocenters. The summed E-state index contributed by atoms with van der Waals surface area (Å²) in [5.74, 6) is 2.43. The fourth-order valence-electron chi connectivity index (χ4n) is 3.26. The molecule has 0 atom stereocenters. The molecule has 3 rings (SSSR count). The van der Waals surface area contributed by atoms with Crippen molar-refractivity contribution in [1.29, 1.82) is 0 Å². The molecule has 0 spiro atoms. The van der Waals surface area contributed by atoms with Gasteiger partial charge in [0.05, 0.1) is 19.3 Å². The fraction of sp³-hybridized carbons (Fsp3) is 0.476. The Labute approximate surface area is 155 Å². The Bertz CT molecular complexity index is 802. The summed E-state index contributed by atoms with van der Waals surface area (Å²) in [4.78, 5) is 23.6. The number of hydrogen-bond acceptors (Lipinski definition) is 4. The lowest BCUT2D eigenvalue weighted by Gasteiger charge is -2.15. The van der Waals surface area contributed by atoms with Gasteiger partial charge in [-0.2, -0.15) is 0 Å². The van der Waals surface area contributed by atoms with Crippen LogP contribution in [-0.4, -0.2) is 27.9 Å². The molecule has 2 aromatic rings. The first-order valence-electron chi connectivity index (χ1n) is 9.21. The largest absolute Gasteiger partial charge is 0.496 e. The number of ether oxygens (including phenoxy) is 1. The molecule has 1 aliphatic heterocycles. The number of rotatable bonds is 6. The van der Waals surface area contributed by atoms with Crippen LogP contribution in [0.25, 0.3) is 0 Å². The summed E-state index contributed by atoms with van der Waals surface area (Å²) in [6.07, 6.45) is 3.97. The van der Waals surface area contributed by atoms with Crippen molar-refractivity contribution in [2.24, 2.45) is 5.92 Å². The first kappa shape index (κ1) is 18.4. The molecule has 0 radical (unpaired) electrons. The molecule has 5 heteroatoms. The first-order chi connectivity index (χ1) is 12.5. The second kappa shape index (κ2) is 7.85. The Hall–Kier alpha value is -2.43. The summed E-state index contributed by atoms with van der Waals surface area (Å²) in [5.41, 5.74) is 4.30. The van der Waals surface area contributed by atoms with Gasteiger partial charge in [0, 0.05) is 31.1 Å². The van der Waals surface area contributed by atoms with Gasteiger partial charge in [-0.3, -0.25) is 4.79 Å². The van der Waals surface area contributed by atoms with E-state index in [2.05, 4.69) is 29.9 Å². The van der Waals surface area contributed by atoms with Crippen LogP contribution >= 0.6 is 0 Å². The monoisotopic (exact) mass is 353 g/mol. The van der Waals surface area contributed by atoms with Crippen LogP contribution in [0.5, 0.6) is 5.75 Å². The van der Waals surface area contributed by atoms with Crippen molar-refractivity contribution in [3.8, 4) is 5.75 Å². The summed E-state index contributed by atoms with van der Waals surface area (Å²) in [5, 5.41) is 0. The molecule has 0 N–H and O–H groups in total. The maximum atomic E-state index is 12.6. The zero-order valence-corrected chi connectivity index (χ0v) is 16.1. The van der Waals surface area contributed by atoms with Crippen molar-refractivity contribution >= 4 is 5.91 Å². The molecule has 1 aromatic heterocycles. The zero-order chi connectivity index (χ0) is 18.7. The van der Waals surface area contributed by atoms with Gasteiger partial charge in [-0.05, 0) is 36.5 Å².